The molecule has 6 heteroatoms. The zero-order valence-electron chi connectivity index (χ0n) is 12.8. The summed E-state index contributed by atoms with van der Waals surface area (Å²) in [5, 5.41) is 4.28. The van der Waals surface area contributed by atoms with Crippen molar-refractivity contribution in [1.29, 1.82) is 0 Å². The lowest BCUT2D eigenvalue weighted by molar-refractivity contribution is 0.738. The number of hydrogen-bond donors (Lipinski definition) is 0. The van der Waals surface area contributed by atoms with Crippen molar-refractivity contribution in [1.82, 2.24) is 29.1 Å². The van der Waals surface area contributed by atoms with Gasteiger partial charge in [-0.25, -0.2) is 14.5 Å². The van der Waals surface area contributed by atoms with E-state index in [1.54, 1.807) is 12.5 Å². The molecule has 0 N–H and O–H groups in total. The number of rotatable bonds is 4. The first-order valence-corrected chi connectivity index (χ1v) is 7.59. The monoisotopic (exact) mass is 304 g/mol. The Morgan fingerprint density at radius 2 is 2.00 bits per heavy atom. The minimum atomic E-state index is 0.660. The lowest BCUT2D eigenvalue weighted by Gasteiger charge is -2.09. The molecule has 0 fully saturated rings. The van der Waals surface area contributed by atoms with Gasteiger partial charge in [0, 0.05) is 18.6 Å². The minimum absolute atomic E-state index is 0.660. The summed E-state index contributed by atoms with van der Waals surface area (Å²) in [7, 11) is 0. The van der Waals surface area contributed by atoms with Crippen molar-refractivity contribution >= 4 is 5.65 Å². The largest absolute Gasteiger partial charge is 0.324 e. The molecule has 4 aromatic heterocycles. The van der Waals surface area contributed by atoms with Gasteiger partial charge in [0.1, 0.15) is 12.0 Å². The van der Waals surface area contributed by atoms with Crippen LogP contribution < -0.4 is 0 Å². The van der Waals surface area contributed by atoms with Crippen molar-refractivity contribution in [3.63, 3.8) is 0 Å². The van der Waals surface area contributed by atoms with Crippen LogP contribution in [-0.2, 0) is 13.0 Å². The van der Waals surface area contributed by atoms with Gasteiger partial charge in [-0.2, -0.15) is 5.10 Å². The molecule has 4 rings (SSSR count). The van der Waals surface area contributed by atoms with Crippen LogP contribution in [0.1, 0.15) is 18.2 Å². The van der Waals surface area contributed by atoms with Crippen LogP contribution in [0.3, 0.4) is 0 Å². The van der Waals surface area contributed by atoms with E-state index < -0.39 is 0 Å². The maximum atomic E-state index is 4.53. The van der Waals surface area contributed by atoms with E-state index in [-0.39, 0.29) is 0 Å². The Bertz CT molecular complexity index is 935. The summed E-state index contributed by atoms with van der Waals surface area (Å²) in [5.41, 5.74) is 3.98. The molecule has 23 heavy (non-hydrogen) atoms. The smallest absolute Gasteiger partial charge is 0.158 e. The Morgan fingerprint density at radius 1 is 1.04 bits per heavy atom. The number of hydrogen-bond acceptors (Lipinski definition) is 4. The Hall–Kier alpha value is -3.02. The highest BCUT2D eigenvalue weighted by molar-refractivity contribution is 5.50. The molecule has 4 heterocycles. The van der Waals surface area contributed by atoms with Crippen LogP contribution in [0.2, 0.25) is 0 Å². The van der Waals surface area contributed by atoms with Crippen molar-refractivity contribution < 1.29 is 0 Å². The van der Waals surface area contributed by atoms with Crippen LogP contribution in [0.15, 0.2) is 55.2 Å². The zero-order chi connectivity index (χ0) is 15.6. The fourth-order valence-corrected chi connectivity index (χ4v) is 2.63. The maximum Gasteiger partial charge on any atom is 0.158 e. The summed E-state index contributed by atoms with van der Waals surface area (Å²) in [6.07, 6.45) is 8.22. The van der Waals surface area contributed by atoms with Crippen LogP contribution in [0.5, 0.6) is 0 Å². The molecule has 0 amide bonds. The predicted molar refractivity (Wildman–Crippen MR) is 86.9 cm³/mol. The molecule has 0 bridgehead atoms. The molecular formula is C17H16N6. The lowest BCUT2D eigenvalue weighted by atomic mass is 10.2. The minimum Gasteiger partial charge on any atom is -0.324 e. The molecule has 0 aliphatic rings. The van der Waals surface area contributed by atoms with Crippen molar-refractivity contribution in [3.8, 4) is 11.5 Å². The van der Waals surface area contributed by atoms with Gasteiger partial charge in [-0.05, 0) is 30.2 Å². The average Bonchev–Trinajstić information content (AvgIpc) is 3.24. The molecule has 0 saturated carbocycles. The van der Waals surface area contributed by atoms with Gasteiger partial charge in [0.15, 0.2) is 11.5 Å². The van der Waals surface area contributed by atoms with E-state index in [4.69, 9.17) is 0 Å². The van der Waals surface area contributed by atoms with Gasteiger partial charge in [0.2, 0.25) is 0 Å². The molecule has 0 spiro atoms. The molecule has 0 unspecified atom stereocenters. The summed E-state index contributed by atoms with van der Waals surface area (Å²) in [4.78, 5) is 13.2. The van der Waals surface area contributed by atoms with Crippen LogP contribution in [0, 0.1) is 0 Å². The SMILES string of the molecule is CCc1ccc(-c2nccn2Cc2cccc3ncnn23)nc1. The highest BCUT2D eigenvalue weighted by Crippen LogP contribution is 2.17. The molecule has 6 nitrogen and oxygen atoms in total. The van der Waals surface area contributed by atoms with E-state index in [1.807, 2.05) is 41.2 Å². The number of imidazole rings is 1. The first-order valence-electron chi connectivity index (χ1n) is 7.59. The van der Waals surface area contributed by atoms with Crippen molar-refractivity contribution in [2.75, 3.05) is 0 Å². The average molecular weight is 304 g/mol. The second-order valence-electron chi connectivity index (χ2n) is 5.33. The summed E-state index contributed by atoms with van der Waals surface area (Å²) in [5.74, 6) is 0.852. The topological polar surface area (TPSA) is 60.9 Å². The Morgan fingerprint density at radius 3 is 2.83 bits per heavy atom. The third-order valence-electron chi connectivity index (χ3n) is 3.89. The van der Waals surface area contributed by atoms with Gasteiger partial charge >= 0.3 is 0 Å². The second kappa shape index (κ2) is 5.64. The number of pyridine rings is 2. The third kappa shape index (κ3) is 2.48. The highest BCUT2D eigenvalue weighted by atomic mass is 15.3. The predicted octanol–water partition coefficient (Wildman–Crippen LogP) is 2.60. The molecule has 0 aromatic carbocycles. The summed E-state index contributed by atoms with van der Waals surface area (Å²) < 4.78 is 3.92. The van der Waals surface area contributed by atoms with Gasteiger partial charge in [-0.15, -0.1) is 0 Å². The van der Waals surface area contributed by atoms with Crippen LogP contribution in [-0.4, -0.2) is 29.1 Å². The summed E-state index contributed by atoms with van der Waals surface area (Å²) >= 11 is 0. The Kier molecular flexibility index (Phi) is 3.34. The third-order valence-corrected chi connectivity index (χ3v) is 3.89. The molecule has 0 aliphatic carbocycles. The molecule has 114 valence electrons. The molecule has 4 aromatic rings. The van der Waals surface area contributed by atoms with Gasteiger partial charge in [0.05, 0.1) is 12.2 Å². The molecule has 0 saturated heterocycles. The van der Waals surface area contributed by atoms with E-state index in [0.717, 1.165) is 29.3 Å². The van der Waals surface area contributed by atoms with Crippen LogP contribution >= 0.6 is 0 Å². The fraction of sp³-hybridized carbons (Fsp3) is 0.176. The second-order valence-corrected chi connectivity index (χ2v) is 5.33. The highest BCUT2D eigenvalue weighted by Gasteiger charge is 2.10. The number of fused-ring (bicyclic) bond motifs is 1. The maximum absolute atomic E-state index is 4.53. The summed E-state index contributed by atoms with van der Waals surface area (Å²) in [6, 6.07) is 10.1. The van der Waals surface area contributed by atoms with Gasteiger partial charge in [0.25, 0.3) is 0 Å². The quantitative estimate of drug-likeness (QED) is 0.581. The van der Waals surface area contributed by atoms with E-state index >= 15 is 0 Å². The van der Waals surface area contributed by atoms with E-state index in [0.29, 0.717) is 6.54 Å². The van der Waals surface area contributed by atoms with Crippen molar-refractivity contribution in [3.05, 3.63) is 66.5 Å². The fourth-order valence-electron chi connectivity index (χ4n) is 2.63. The normalized spacial score (nSPS) is 11.2. The number of aromatic nitrogens is 6. The van der Waals surface area contributed by atoms with Gasteiger partial charge in [-0.3, -0.25) is 4.98 Å². The standard InChI is InChI=1S/C17H16N6/c1-2-13-6-7-15(19-10-13)17-18-8-9-22(17)11-14-4-3-5-16-20-12-21-23(14)16/h3-10,12H,2,11H2,1H3. The van der Waals surface area contributed by atoms with Crippen LogP contribution in [0.25, 0.3) is 17.2 Å². The molecular weight excluding hydrogens is 288 g/mol. The van der Waals surface area contributed by atoms with Gasteiger partial charge < -0.3 is 4.57 Å². The molecule has 0 radical (unpaired) electrons. The number of aryl methyl sites for hydroxylation is 1. The molecule has 0 atom stereocenters. The summed E-state index contributed by atoms with van der Waals surface area (Å²) in [6.45, 7) is 2.78. The zero-order valence-corrected chi connectivity index (χ0v) is 12.8. The number of nitrogens with zero attached hydrogens (tertiary/aromatic N) is 6. The lowest BCUT2D eigenvalue weighted by Crippen LogP contribution is -2.07. The van der Waals surface area contributed by atoms with E-state index in [1.165, 1.54) is 5.56 Å². The Balaban J connectivity index is 1.70. The molecule has 0 aliphatic heterocycles. The van der Waals surface area contributed by atoms with Crippen LogP contribution in [0.4, 0.5) is 0 Å². The van der Waals surface area contributed by atoms with E-state index in [2.05, 4.69) is 37.6 Å². The first kappa shape index (κ1) is 13.6. The van der Waals surface area contributed by atoms with E-state index in [9.17, 15) is 0 Å². The van der Waals surface area contributed by atoms with Gasteiger partial charge in [-0.1, -0.05) is 19.1 Å². The van der Waals surface area contributed by atoms with Crippen molar-refractivity contribution in [2.45, 2.75) is 19.9 Å². The Labute approximate surface area is 133 Å². The first-order chi connectivity index (χ1) is 11.3. The van der Waals surface area contributed by atoms with Crippen molar-refractivity contribution in [2.24, 2.45) is 0 Å².